The number of benzene rings is 1. The van der Waals surface area contributed by atoms with Crippen molar-refractivity contribution in [1.29, 1.82) is 0 Å². The van der Waals surface area contributed by atoms with E-state index < -0.39 is 5.92 Å². The third kappa shape index (κ3) is 3.57. The topological polar surface area (TPSA) is 20.3 Å². The first kappa shape index (κ1) is 19.4. The molecule has 1 amide bonds. The summed E-state index contributed by atoms with van der Waals surface area (Å²) in [6.07, 6.45) is 1.99. The van der Waals surface area contributed by atoms with E-state index in [9.17, 15) is 13.6 Å². The molecule has 1 heterocycles. The van der Waals surface area contributed by atoms with Crippen molar-refractivity contribution in [3.8, 4) is 0 Å². The monoisotopic (exact) mass is 479 g/mol. The van der Waals surface area contributed by atoms with Gasteiger partial charge in [0.05, 0.1) is 6.42 Å². The second-order valence-electron chi connectivity index (χ2n) is 7.23. The average molecular weight is 479 g/mol. The second-order valence-corrected chi connectivity index (χ2v) is 9.11. The number of rotatable bonds is 3. The van der Waals surface area contributed by atoms with Crippen LogP contribution in [0.25, 0.3) is 0 Å². The van der Waals surface area contributed by atoms with Gasteiger partial charge in [-0.05, 0) is 60.9 Å². The molecule has 1 aromatic rings. The molecule has 2 nitrogen and oxygen atoms in total. The molecule has 0 N–H and O–H groups in total. The van der Waals surface area contributed by atoms with Gasteiger partial charge in [0.25, 0.3) is 0 Å². The zero-order valence-corrected chi connectivity index (χ0v) is 17.9. The minimum atomic E-state index is -2.55. The van der Waals surface area contributed by atoms with Gasteiger partial charge in [0.1, 0.15) is 0 Å². The van der Waals surface area contributed by atoms with Gasteiger partial charge in [-0.15, -0.1) is 0 Å². The Morgan fingerprint density at radius 1 is 1.20 bits per heavy atom. The molecular formula is C19H24F2INOS. The fourth-order valence-corrected chi connectivity index (χ4v) is 6.75. The SMILES string of the molecule is CCc1c(C)c2c(c(C)c1SI)CN(C1CCC(F)(F)CC1)C(=O)C2. The Bertz CT molecular complexity index is 697. The molecule has 138 valence electrons. The van der Waals surface area contributed by atoms with Crippen molar-refractivity contribution in [3.63, 3.8) is 0 Å². The summed E-state index contributed by atoms with van der Waals surface area (Å²) in [6.45, 7) is 6.99. The van der Waals surface area contributed by atoms with E-state index in [0.29, 0.717) is 25.8 Å². The zero-order chi connectivity index (χ0) is 18.4. The minimum absolute atomic E-state index is 0.0402. The smallest absolute Gasteiger partial charge is 0.248 e. The quantitative estimate of drug-likeness (QED) is 0.513. The molecule has 0 radical (unpaired) electrons. The first-order valence-electron chi connectivity index (χ1n) is 8.88. The Morgan fingerprint density at radius 3 is 2.40 bits per heavy atom. The maximum atomic E-state index is 13.5. The number of carbonyl (C=O) groups excluding carboxylic acids is 1. The lowest BCUT2D eigenvalue weighted by molar-refractivity contribution is -0.137. The molecule has 0 unspecified atom stereocenters. The van der Waals surface area contributed by atoms with E-state index >= 15 is 0 Å². The molecule has 1 aliphatic carbocycles. The molecule has 0 bridgehead atoms. The third-order valence-corrected chi connectivity index (χ3v) is 7.90. The van der Waals surface area contributed by atoms with Crippen LogP contribution in [0.1, 0.15) is 60.4 Å². The van der Waals surface area contributed by atoms with E-state index in [1.165, 1.54) is 32.7 Å². The molecule has 25 heavy (non-hydrogen) atoms. The first-order valence-corrected chi connectivity index (χ1v) is 12.2. The van der Waals surface area contributed by atoms with Crippen molar-refractivity contribution >= 4 is 36.0 Å². The highest BCUT2D eigenvalue weighted by atomic mass is 127. The van der Waals surface area contributed by atoms with Gasteiger partial charge in [-0.3, -0.25) is 4.79 Å². The van der Waals surface area contributed by atoms with Crippen molar-refractivity contribution in [3.05, 3.63) is 27.8 Å². The lowest BCUT2D eigenvalue weighted by Gasteiger charge is -2.40. The number of halogens is 3. The standard InChI is InChI=1S/C19H24F2INOS/c1-4-14-11(2)15-9-17(24)23(10-16(15)12(3)18(14)25-22)13-5-7-19(20,21)8-6-13/h13H,4-10H2,1-3H3. The molecule has 2 aliphatic rings. The van der Waals surface area contributed by atoms with Crippen LogP contribution in [0.15, 0.2) is 4.90 Å². The normalized spacial score (nSPS) is 20.7. The van der Waals surface area contributed by atoms with Gasteiger partial charge in [-0.1, -0.05) is 15.9 Å². The Morgan fingerprint density at radius 2 is 1.84 bits per heavy atom. The molecule has 1 aliphatic heterocycles. The summed E-state index contributed by atoms with van der Waals surface area (Å²) >= 11 is 2.33. The lowest BCUT2D eigenvalue weighted by Crippen LogP contribution is -2.47. The van der Waals surface area contributed by atoms with Gasteiger partial charge >= 0.3 is 0 Å². The summed E-state index contributed by atoms with van der Waals surface area (Å²) in [5.41, 5.74) is 6.26. The fraction of sp³-hybridized carbons (Fsp3) is 0.632. The van der Waals surface area contributed by atoms with Crippen LogP contribution in [-0.4, -0.2) is 22.8 Å². The number of hydrogen-bond donors (Lipinski definition) is 0. The summed E-state index contributed by atoms with van der Waals surface area (Å²) in [5, 5.41) is 0. The highest BCUT2D eigenvalue weighted by Crippen LogP contribution is 2.42. The average Bonchev–Trinajstić information content (AvgIpc) is 2.57. The lowest BCUT2D eigenvalue weighted by atomic mass is 9.84. The maximum absolute atomic E-state index is 13.5. The van der Waals surface area contributed by atoms with Crippen LogP contribution < -0.4 is 0 Å². The number of alkyl halides is 2. The van der Waals surface area contributed by atoms with E-state index in [0.717, 1.165) is 6.42 Å². The van der Waals surface area contributed by atoms with Gasteiger partial charge < -0.3 is 4.90 Å². The van der Waals surface area contributed by atoms with Gasteiger partial charge in [0.15, 0.2) is 0 Å². The van der Waals surface area contributed by atoms with E-state index in [1.54, 1.807) is 8.93 Å². The molecule has 0 saturated heterocycles. The Kier molecular flexibility index (Phi) is 5.69. The Labute approximate surface area is 164 Å². The molecule has 1 aromatic carbocycles. The summed E-state index contributed by atoms with van der Waals surface area (Å²) < 4.78 is 26.9. The van der Waals surface area contributed by atoms with Gasteiger partial charge in [0, 0.05) is 51.5 Å². The predicted molar refractivity (Wildman–Crippen MR) is 107 cm³/mol. The van der Waals surface area contributed by atoms with Crippen molar-refractivity contribution in [2.45, 2.75) is 82.7 Å². The third-order valence-electron chi connectivity index (χ3n) is 5.87. The van der Waals surface area contributed by atoms with Crippen molar-refractivity contribution < 1.29 is 13.6 Å². The molecular weight excluding hydrogens is 455 g/mol. The summed E-state index contributed by atoms with van der Waals surface area (Å²) in [6, 6.07) is -0.0402. The van der Waals surface area contributed by atoms with Gasteiger partial charge in [-0.25, -0.2) is 8.78 Å². The molecule has 0 spiro atoms. The van der Waals surface area contributed by atoms with Crippen LogP contribution in [0.2, 0.25) is 0 Å². The van der Waals surface area contributed by atoms with E-state index in [2.05, 4.69) is 42.0 Å². The van der Waals surface area contributed by atoms with Crippen molar-refractivity contribution in [2.24, 2.45) is 0 Å². The highest BCUT2D eigenvalue weighted by Gasteiger charge is 2.40. The second kappa shape index (κ2) is 7.33. The maximum Gasteiger partial charge on any atom is 0.248 e. The van der Waals surface area contributed by atoms with Crippen LogP contribution in [0.4, 0.5) is 8.78 Å². The number of fused-ring (bicyclic) bond motifs is 1. The van der Waals surface area contributed by atoms with Crippen molar-refractivity contribution in [1.82, 2.24) is 4.90 Å². The highest BCUT2D eigenvalue weighted by molar-refractivity contribution is 14.2. The van der Waals surface area contributed by atoms with E-state index in [1.807, 2.05) is 4.90 Å². The van der Waals surface area contributed by atoms with Crippen LogP contribution in [-0.2, 0) is 24.2 Å². The molecule has 0 atom stereocenters. The van der Waals surface area contributed by atoms with Crippen molar-refractivity contribution in [2.75, 3.05) is 0 Å². The fourth-order valence-electron chi connectivity index (χ4n) is 4.33. The number of hydrogen-bond acceptors (Lipinski definition) is 2. The predicted octanol–water partition coefficient (Wildman–Crippen LogP) is 5.77. The van der Waals surface area contributed by atoms with Crippen LogP contribution in [0.3, 0.4) is 0 Å². The van der Waals surface area contributed by atoms with Crippen LogP contribution in [0.5, 0.6) is 0 Å². The number of nitrogens with zero attached hydrogens (tertiary/aromatic N) is 1. The van der Waals surface area contributed by atoms with Gasteiger partial charge in [0.2, 0.25) is 11.8 Å². The number of carbonyl (C=O) groups is 1. The van der Waals surface area contributed by atoms with Crippen LogP contribution >= 0.6 is 30.1 Å². The minimum Gasteiger partial charge on any atom is -0.335 e. The van der Waals surface area contributed by atoms with Crippen LogP contribution in [0, 0.1) is 13.8 Å². The zero-order valence-electron chi connectivity index (χ0n) is 14.9. The molecule has 3 rings (SSSR count). The summed E-state index contributed by atoms with van der Waals surface area (Å²) in [4.78, 5) is 15.9. The number of amides is 1. The molecule has 1 saturated carbocycles. The molecule has 1 fully saturated rings. The Hall–Kier alpha value is -0.370. The van der Waals surface area contributed by atoms with E-state index in [4.69, 9.17) is 0 Å². The summed E-state index contributed by atoms with van der Waals surface area (Å²) in [7, 11) is 1.74. The Balaban J connectivity index is 1.94. The van der Waals surface area contributed by atoms with E-state index in [-0.39, 0.29) is 24.8 Å². The van der Waals surface area contributed by atoms with Gasteiger partial charge in [-0.2, -0.15) is 0 Å². The first-order chi connectivity index (χ1) is 11.8. The summed E-state index contributed by atoms with van der Waals surface area (Å²) in [5.74, 6) is -2.46. The molecule has 6 heteroatoms. The molecule has 0 aromatic heterocycles. The largest absolute Gasteiger partial charge is 0.335 e.